The zero-order valence-corrected chi connectivity index (χ0v) is 15.6. The number of carbonyl (C=O) groups excluding carboxylic acids is 1. The van der Waals surface area contributed by atoms with E-state index in [1.807, 2.05) is 22.6 Å². The van der Waals surface area contributed by atoms with Gasteiger partial charge in [0.15, 0.2) is 5.11 Å². The molecule has 2 rings (SSSR count). The Hall–Kier alpha value is -1.45. The third-order valence-corrected chi connectivity index (χ3v) is 3.99. The SMILES string of the molecule is COc1ccc(C(=O)NC(=S)Nc2ccc(I)cc2F)cc1Cl. The van der Waals surface area contributed by atoms with Crippen LogP contribution < -0.4 is 15.4 Å². The second-order valence-electron chi connectivity index (χ2n) is 4.38. The van der Waals surface area contributed by atoms with Crippen molar-refractivity contribution in [1.82, 2.24) is 5.32 Å². The number of halogens is 3. The van der Waals surface area contributed by atoms with Crippen LogP contribution in [0, 0.1) is 9.39 Å². The Morgan fingerprint density at radius 2 is 2.04 bits per heavy atom. The normalized spacial score (nSPS) is 10.1. The summed E-state index contributed by atoms with van der Waals surface area (Å²) < 4.78 is 19.5. The molecule has 0 unspecified atom stereocenters. The van der Waals surface area contributed by atoms with Gasteiger partial charge in [-0.25, -0.2) is 4.39 Å². The molecular weight excluding hydrogens is 454 g/mol. The van der Waals surface area contributed by atoms with Crippen LogP contribution in [0.1, 0.15) is 10.4 Å². The number of ether oxygens (including phenoxy) is 1. The topological polar surface area (TPSA) is 50.4 Å². The number of anilines is 1. The van der Waals surface area contributed by atoms with Gasteiger partial charge in [0.05, 0.1) is 17.8 Å². The van der Waals surface area contributed by atoms with Crippen molar-refractivity contribution in [1.29, 1.82) is 0 Å². The minimum atomic E-state index is -0.460. The summed E-state index contributed by atoms with van der Waals surface area (Å²) in [7, 11) is 1.48. The Morgan fingerprint density at radius 3 is 2.65 bits per heavy atom. The number of methoxy groups -OCH3 is 1. The lowest BCUT2D eigenvalue weighted by Gasteiger charge is -2.11. The highest BCUT2D eigenvalue weighted by atomic mass is 127. The van der Waals surface area contributed by atoms with Crippen LogP contribution >= 0.6 is 46.4 Å². The standard InChI is InChI=1S/C15H11ClFIN2O2S/c1-22-13-5-2-8(6-10(13)16)14(21)20-15(23)19-12-4-3-9(18)7-11(12)17/h2-7H,1H3,(H2,19,20,21,23). The van der Waals surface area contributed by atoms with Crippen molar-refractivity contribution < 1.29 is 13.9 Å². The summed E-state index contributed by atoms with van der Waals surface area (Å²) in [4.78, 5) is 12.1. The fourth-order valence-electron chi connectivity index (χ4n) is 1.73. The van der Waals surface area contributed by atoms with Crippen molar-refractivity contribution in [2.45, 2.75) is 0 Å². The van der Waals surface area contributed by atoms with Crippen molar-refractivity contribution in [2.75, 3.05) is 12.4 Å². The summed E-state index contributed by atoms with van der Waals surface area (Å²) in [6.45, 7) is 0. The Balaban J connectivity index is 2.05. The predicted octanol–water partition coefficient (Wildman–Crippen LogP) is 4.22. The van der Waals surface area contributed by atoms with Crippen LogP contribution in [-0.2, 0) is 0 Å². The van der Waals surface area contributed by atoms with Gasteiger partial charge in [0.1, 0.15) is 11.6 Å². The molecule has 0 spiro atoms. The third kappa shape index (κ3) is 4.76. The van der Waals surface area contributed by atoms with Gasteiger partial charge in [-0.15, -0.1) is 0 Å². The minimum Gasteiger partial charge on any atom is -0.495 e. The summed E-state index contributed by atoms with van der Waals surface area (Å²) in [5, 5.41) is 5.40. The van der Waals surface area contributed by atoms with Crippen LogP contribution in [-0.4, -0.2) is 18.1 Å². The van der Waals surface area contributed by atoms with Crippen molar-refractivity contribution >= 4 is 63.1 Å². The molecule has 2 aromatic rings. The quantitative estimate of drug-likeness (QED) is 0.528. The molecule has 1 amide bonds. The van der Waals surface area contributed by atoms with Gasteiger partial charge in [-0.05, 0) is 71.2 Å². The maximum Gasteiger partial charge on any atom is 0.257 e. The van der Waals surface area contributed by atoms with Gasteiger partial charge in [0, 0.05) is 9.13 Å². The molecule has 2 aromatic carbocycles. The van der Waals surface area contributed by atoms with Crippen LogP contribution in [0.2, 0.25) is 5.02 Å². The van der Waals surface area contributed by atoms with E-state index in [2.05, 4.69) is 10.6 Å². The minimum absolute atomic E-state index is 0.0120. The van der Waals surface area contributed by atoms with Gasteiger partial charge < -0.3 is 10.1 Å². The van der Waals surface area contributed by atoms with Crippen molar-refractivity contribution in [3.05, 3.63) is 56.4 Å². The van der Waals surface area contributed by atoms with Gasteiger partial charge in [-0.2, -0.15) is 0 Å². The van der Waals surface area contributed by atoms with Gasteiger partial charge in [-0.1, -0.05) is 11.6 Å². The summed E-state index contributed by atoms with van der Waals surface area (Å²) in [6, 6.07) is 9.21. The first-order chi connectivity index (χ1) is 10.9. The smallest absolute Gasteiger partial charge is 0.257 e. The summed E-state index contributed by atoms with van der Waals surface area (Å²) in [6.07, 6.45) is 0. The first-order valence-corrected chi connectivity index (χ1v) is 8.18. The van der Waals surface area contributed by atoms with E-state index in [0.29, 0.717) is 16.3 Å². The number of thiocarbonyl (C=S) groups is 1. The molecule has 0 aliphatic heterocycles. The third-order valence-electron chi connectivity index (χ3n) is 2.82. The average Bonchev–Trinajstić information content (AvgIpc) is 2.50. The number of hydrogen-bond acceptors (Lipinski definition) is 3. The lowest BCUT2D eigenvalue weighted by Crippen LogP contribution is -2.34. The monoisotopic (exact) mass is 464 g/mol. The molecule has 0 fully saturated rings. The van der Waals surface area contributed by atoms with E-state index >= 15 is 0 Å². The molecular formula is C15H11ClFIN2O2S. The molecule has 120 valence electrons. The van der Waals surface area contributed by atoms with E-state index in [4.69, 9.17) is 28.6 Å². The highest BCUT2D eigenvalue weighted by Crippen LogP contribution is 2.24. The number of amides is 1. The molecule has 4 nitrogen and oxygen atoms in total. The highest BCUT2D eigenvalue weighted by Gasteiger charge is 2.12. The molecule has 23 heavy (non-hydrogen) atoms. The molecule has 0 saturated heterocycles. The van der Waals surface area contributed by atoms with Crippen molar-refractivity contribution in [3.8, 4) is 5.75 Å². The van der Waals surface area contributed by atoms with Crippen LogP contribution in [0.3, 0.4) is 0 Å². The molecule has 0 saturated carbocycles. The van der Waals surface area contributed by atoms with Crippen molar-refractivity contribution in [2.24, 2.45) is 0 Å². The van der Waals surface area contributed by atoms with Crippen molar-refractivity contribution in [3.63, 3.8) is 0 Å². The number of hydrogen-bond donors (Lipinski definition) is 2. The van der Waals surface area contributed by atoms with Gasteiger partial charge in [0.25, 0.3) is 5.91 Å². The predicted molar refractivity (Wildman–Crippen MR) is 101 cm³/mol. The molecule has 0 heterocycles. The molecule has 2 N–H and O–H groups in total. The zero-order chi connectivity index (χ0) is 17.0. The fraction of sp³-hybridized carbons (Fsp3) is 0.0667. The van der Waals surface area contributed by atoms with E-state index in [1.54, 1.807) is 24.3 Å². The highest BCUT2D eigenvalue weighted by molar-refractivity contribution is 14.1. The molecule has 0 aliphatic carbocycles. The lowest BCUT2D eigenvalue weighted by atomic mass is 10.2. The molecule has 0 atom stereocenters. The molecule has 0 radical (unpaired) electrons. The number of carbonyl (C=O) groups is 1. The zero-order valence-electron chi connectivity index (χ0n) is 11.8. The maximum absolute atomic E-state index is 13.7. The Kier molecular flexibility index (Phi) is 6.14. The second-order valence-corrected chi connectivity index (χ2v) is 6.44. The Bertz CT molecular complexity index is 773. The number of benzene rings is 2. The average molecular weight is 465 g/mol. The van der Waals surface area contributed by atoms with E-state index in [9.17, 15) is 9.18 Å². The summed E-state index contributed by atoms with van der Waals surface area (Å²) >= 11 is 13.0. The maximum atomic E-state index is 13.7. The van der Waals surface area contributed by atoms with Gasteiger partial charge in [0.2, 0.25) is 0 Å². The first-order valence-electron chi connectivity index (χ1n) is 6.31. The molecule has 0 aliphatic rings. The fourth-order valence-corrected chi connectivity index (χ4v) is 2.64. The Labute approximate surface area is 156 Å². The number of rotatable bonds is 3. The summed E-state index contributed by atoms with van der Waals surface area (Å²) in [5.74, 6) is -0.455. The van der Waals surface area contributed by atoms with E-state index in [0.717, 1.165) is 3.57 Å². The molecule has 0 aromatic heterocycles. The van der Waals surface area contributed by atoms with Crippen LogP contribution in [0.4, 0.5) is 10.1 Å². The van der Waals surface area contributed by atoms with Gasteiger partial charge in [-0.3, -0.25) is 10.1 Å². The van der Waals surface area contributed by atoms with Crippen LogP contribution in [0.5, 0.6) is 5.75 Å². The van der Waals surface area contributed by atoms with E-state index < -0.39 is 11.7 Å². The van der Waals surface area contributed by atoms with Gasteiger partial charge >= 0.3 is 0 Å². The summed E-state index contributed by atoms with van der Waals surface area (Å²) in [5.41, 5.74) is 0.492. The lowest BCUT2D eigenvalue weighted by molar-refractivity contribution is 0.0977. The molecule has 0 bridgehead atoms. The number of nitrogens with one attached hydrogen (secondary N) is 2. The Morgan fingerprint density at radius 1 is 1.30 bits per heavy atom. The molecule has 8 heteroatoms. The second kappa shape index (κ2) is 7.89. The van der Waals surface area contributed by atoms with Crippen LogP contribution in [0.15, 0.2) is 36.4 Å². The largest absolute Gasteiger partial charge is 0.495 e. The van der Waals surface area contributed by atoms with E-state index in [1.165, 1.54) is 19.2 Å². The van der Waals surface area contributed by atoms with Crippen LogP contribution in [0.25, 0.3) is 0 Å². The van der Waals surface area contributed by atoms with E-state index in [-0.39, 0.29) is 10.8 Å². The first kappa shape index (κ1) is 17.9.